The number of carbonyl (C=O) groups is 2. The third kappa shape index (κ3) is 4.37. The van der Waals surface area contributed by atoms with Gasteiger partial charge in [0.15, 0.2) is 5.76 Å². The van der Waals surface area contributed by atoms with Gasteiger partial charge in [-0.05, 0) is 49.4 Å². The Hall–Kier alpha value is -1.96. The number of ether oxygens (including phenoxy) is 1. The minimum Gasteiger partial charge on any atom is -0.503 e. The van der Waals surface area contributed by atoms with E-state index in [-0.39, 0.29) is 17.5 Å². The molecule has 0 saturated heterocycles. The molecule has 0 unspecified atom stereocenters. The molecular formula is C21H22BrNO4S. The number of aliphatic hydroxyl groups excluding tert-OH is 1. The summed E-state index contributed by atoms with van der Waals surface area (Å²) in [5.74, 6) is -1.29. The molecule has 1 aromatic heterocycles. The van der Waals surface area contributed by atoms with Crippen LogP contribution in [0.4, 0.5) is 0 Å². The highest BCUT2D eigenvalue weighted by Gasteiger charge is 2.43. The molecule has 1 aliphatic rings. The van der Waals surface area contributed by atoms with E-state index < -0.39 is 17.7 Å². The Morgan fingerprint density at radius 3 is 2.61 bits per heavy atom. The summed E-state index contributed by atoms with van der Waals surface area (Å²) in [7, 11) is 0. The van der Waals surface area contributed by atoms with Crippen molar-refractivity contribution < 1.29 is 19.4 Å². The fourth-order valence-electron chi connectivity index (χ4n) is 3.20. The number of hydrogen-bond acceptors (Lipinski definition) is 5. The van der Waals surface area contributed by atoms with Crippen LogP contribution in [0.1, 0.15) is 41.5 Å². The number of nitrogens with zero attached hydrogens (tertiary/aromatic N) is 1. The lowest BCUT2D eigenvalue weighted by Crippen LogP contribution is -2.32. The zero-order valence-electron chi connectivity index (χ0n) is 15.7. The molecule has 1 N–H and O–H groups in total. The normalized spacial score (nSPS) is 17.1. The molecule has 0 saturated carbocycles. The molecule has 2 aromatic rings. The summed E-state index contributed by atoms with van der Waals surface area (Å²) in [4.78, 5) is 27.9. The Bertz CT molecular complexity index is 874. The molecule has 148 valence electrons. The summed E-state index contributed by atoms with van der Waals surface area (Å²) in [5, 5.41) is 12.4. The van der Waals surface area contributed by atoms with Gasteiger partial charge in [0.05, 0.1) is 22.6 Å². The third-order valence-corrected chi connectivity index (χ3v) is 5.87. The number of carbonyl (C=O) groups excluding carboxylic acids is 2. The number of aliphatic hydroxyl groups is 1. The topological polar surface area (TPSA) is 66.8 Å². The van der Waals surface area contributed by atoms with Gasteiger partial charge in [-0.15, -0.1) is 11.3 Å². The van der Waals surface area contributed by atoms with Gasteiger partial charge in [0.2, 0.25) is 5.78 Å². The number of benzene rings is 1. The van der Waals surface area contributed by atoms with Crippen LogP contribution in [0.25, 0.3) is 0 Å². The smallest absolute Gasteiger partial charge is 0.290 e. The van der Waals surface area contributed by atoms with Crippen LogP contribution in [0.5, 0.6) is 0 Å². The summed E-state index contributed by atoms with van der Waals surface area (Å²) in [6.07, 6.45) is 0.726. The van der Waals surface area contributed by atoms with Crippen molar-refractivity contribution in [1.29, 1.82) is 0 Å². The Balaban J connectivity index is 1.93. The molecule has 3 rings (SSSR count). The average Bonchev–Trinajstić information content (AvgIpc) is 3.28. The summed E-state index contributed by atoms with van der Waals surface area (Å²) in [6.45, 7) is 4.80. The number of rotatable bonds is 8. The molecular weight excluding hydrogens is 442 g/mol. The minimum absolute atomic E-state index is 0.110. The Morgan fingerprint density at radius 1 is 1.29 bits per heavy atom. The van der Waals surface area contributed by atoms with Crippen molar-refractivity contribution in [3.05, 3.63) is 68.0 Å². The van der Waals surface area contributed by atoms with Gasteiger partial charge in [-0.1, -0.05) is 34.1 Å². The second-order valence-corrected chi connectivity index (χ2v) is 8.66. The Morgan fingerprint density at radius 2 is 2.00 bits per heavy atom. The van der Waals surface area contributed by atoms with E-state index in [1.807, 2.05) is 38.1 Å². The van der Waals surface area contributed by atoms with Crippen LogP contribution < -0.4 is 0 Å². The van der Waals surface area contributed by atoms with Crippen LogP contribution in [-0.4, -0.2) is 41.0 Å². The highest BCUT2D eigenvalue weighted by Crippen LogP contribution is 2.39. The lowest BCUT2D eigenvalue weighted by molar-refractivity contribution is -0.129. The van der Waals surface area contributed by atoms with Crippen LogP contribution in [0.2, 0.25) is 0 Å². The number of hydrogen-bond donors (Lipinski definition) is 1. The first-order valence-corrected chi connectivity index (χ1v) is 10.8. The summed E-state index contributed by atoms with van der Waals surface area (Å²) >= 11 is 4.70. The van der Waals surface area contributed by atoms with Gasteiger partial charge in [-0.3, -0.25) is 9.59 Å². The van der Waals surface area contributed by atoms with Crippen molar-refractivity contribution >= 4 is 39.0 Å². The Kier molecular flexibility index (Phi) is 6.69. The van der Waals surface area contributed by atoms with Crippen LogP contribution in [0, 0.1) is 0 Å². The largest absolute Gasteiger partial charge is 0.503 e. The first kappa shape index (κ1) is 20.8. The molecule has 5 nitrogen and oxygen atoms in total. The minimum atomic E-state index is -0.616. The highest BCUT2D eigenvalue weighted by molar-refractivity contribution is 9.10. The lowest BCUT2D eigenvalue weighted by atomic mass is 9.95. The fourth-order valence-corrected chi connectivity index (χ4v) is 4.14. The van der Waals surface area contributed by atoms with E-state index in [4.69, 9.17) is 4.74 Å². The van der Waals surface area contributed by atoms with E-state index >= 15 is 0 Å². The SMILES string of the molecule is CC(C)OCCCN1C(=O)C(O)=C(C(=O)c2cccs2)[C@H]1c1ccc(Br)cc1. The predicted molar refractivity (Wildman–Crippen MR) is 113 cm³/mol. The van der Waals surface area contributed by atoms with E-state index in [1.165, 1.54) is 11.3 Å². The van der Waals surface area contributed by atoms with E-state index in [0.29, 0.717) is 24.4 Å². The molecule has 2 heterocycles. The maximum absolute atomic E-state index is 13.1. The quantitative estimate of drug-likeness (QED) is 0.446. The summed E-state index contributed by atoms with van der Waals surface area (Å²) in [6, 6.07) is 10.3. The summed E-state index contributed by atoms with van der Waals surface area (Å²) in [5.41, 5.74) is 0.921. The standard InChI is InChI=1S/C21H22BrNO4S/c1-13(2)27-11-4-10-23-18(14-6-8-15(22)9-7-14)17(20(25)21(23)26)19(24)16-5-3-12-28-16/h3,5-9,12-13,18,25H,4,10-11H2,1-2H3/t18-/m1/s1. The van der Waals surface area contributed by atoms with Crippen LogP contribution in [-0.2, 0) is 9.53 Å². The maximum Gasteiger partial charge on any atom is 0.290 e. The van der Waals surface area contributed by atoms with E-state index in [0.717, 1.165) is 10.0 Å². The van der Waals surface area contributed by atoms with Crippen LogP contribution in [0.3, 0.4) is 0 Å². The molecule has 0 fully saturated rings. The van der Waals surface area contributed by atoms with Crippen molar-refractivity contribution in [1.82, 2.24) is 4.90 Å². The average molecular weight is 464 g/mol. The van der Waals surface area contributed by atoms with Crippen molar-refractivity contribution in [2.75, 3.05) is 13.2 Å². The van der Waals surface area contributed by atoms with Crippen LogP contribution in [0.15, 0.2) is 57.6 Å². The molecule has 28 heavy (non-hydrogen) atoms. The molecule has 1 aliphatic heterocycles. The molecule has 0 radical (unpaired) electrons. The van der Waals surface area contributed by atoms with E-state index in [1.54, 1.807) is 22.4 Å². The number of thiophene rings is 1. The molecule has 7 heteroatoms. The molecule has 0 aliphatic carbocycles. The van der Waals surface area contributed by atoms with Crippen molar-refractivity contribution in [3.8, 4) is 0 Å². The number of ketones is 1. The zero-order valence-corrected chi connectivity index (χ0v) is 18.1. The molecule has 0 bridgehead atoms. The van der Waals surface area contributed by atoms with Gasteiger partial charge >= 0.3 is 0 Å². The van der Waals surface area contributed by atoms with Gasteiger partial charge < -0.3 is 14.7 Å². The molecule has 1 amide bonds. The van der Waals surface area contributed by atoms with Crippen molar-refractivity contribution in [2.24, 2.45) is 0 Å². The zero-order chi connectivity index (χ0) is 20.3. The third-order valence-electron chi connectivity index (χ3n) is 4.47. The molecule has 1 atom stereocenters. The highest BCUT2D eigenvalue weighted by atomic mass is 79.9. The van der Waals surface area contributed by atoms with Crippen molar-refractivity contribution in [3.63, 3.8) is 0 Å². The summed E-state index contributed by atoms with van der Waals surface area (Å²) < 4.78 is 6.47. The van der Waals surface area contributed by atoms with Gasteiger partial charge in [-0.25, -0.2) is 0 Å². The van der Waals surface area contributed by atoms with E-state index in [9.17, 15) is 14.7 Å². The van der Waals surface area contributed by atoms with Crippen LogP contribution >= 0.6 is 27.3 Å². The van der Waals surface area contributed by atoms with Gasteiger partial charge in [0.1, 0.15) is 0 Å². The predicted octanol–water partition coefficient (Wildman–Crippen LogP) is 4.90. The van der Waals surface area contributed by atoms with Gasteiger partial charge in [-0.2, -0.15) is 0 Å². The first-order valence-electron chi connectivity index (χ1n) is 9.09. The van der Waals surface area contributed by atoms with Gasteiger partial charge in [0, 0.05) is 17.6 Å². The number of amides is 1. The van der Waals surface area contributed by atoms with Gasteiger partial charge in [0.25, 0.3) is 5.91 Å². The van der Waals surface area contributed by atoms with Crippen molar-refractivity contribution in [2.45, 2.75) is 32.4 Å². The monoisotopic (exact) mass is 463 g/mol. The number of halogens is 1. The molecule has 1 aromatic carbocycles. The molecule has 0 spiro atoms. The van der Waals surface area contributed by atoms with E-state index in [2.05, 4.69) is 15.9 Å². The maximum atomic E-state index is 13.1. The fraction of sp³-hybridized carbons (Fsp3) is 0.333. The Labute approximate surface area is 176 Å². The first-order chi connectivity index (χ1) is 13.4. The second kappa shape index (κ2) is 9.03. The number of Topliss-reactive ketones (excluding diaryl/α,β-unsaturated/α-hetero) is 1. The lowest BCUT2D eigenvalue weighted by Gasteiger charge is -2.27. The second-order valence-electron chi connectivity index (χ2n) is 6.79.